The molecule has 0 aliphatic heterocycles. The Balaban J connectivity index is 1.14. The van der Waals surface area contributed by atoms with Crippen LogP contribution in [-0.4, -0.2) is 35.6 Å². The minimum absolute atomic E-state index is 0.0864. The van der Waals surface area contributed by atoms with Crippen LogP contribution in [0.4, 0.5) is 0 Å². The van der Waals surface area contributed by atoms with Gasteiger partial charge in [-0.1, -0.05) is 41.6 Å². The molecule has 9 heteroatoms. The van der Waals surface area contributed by atoms with Crippen LogP contribution in [0.1, 0.15) is 23.4 Å². The van der Waals surface area contributed by atoms with Gasteiger partial charge in [0, 0.05) is 38.3 Å². The number of hydrogen-bond donors (Lipinski definition) is 1. The van der Waals surface area contributed by atoms with E-state index in [4.69, 9.17) is 4.52 Å². The fourth-order valence-corrected chi connectivity index (χ4v) is 3.54. The molecule has 1 N–H and O–H groups in total. The van der Waals surface area contributed by atoms with E-state index in [1.54, 1.807) is 18.5 Å². The van der Waals surface area contributed by atoms with Crippen LogP contribution in [0.25, 0.3) is 22.7 Å². The summed E-state index contributed by atoms with van der Waals surface area (Å²) < 4.78 is 7.32. The molecule has 0 unspecified atom stereocenters. The molecular weight excluding hydrogens is 418 g/mol. The van der Waals surface area contributed by atoms with Gasteiger partial charge >= 0.3 is 0 Å². The first-order valence-electron chi connectivity index (χ1n) is 10.6. The fraction of sp³-hybridized carbons (Fsp3) is 0.167. The summed E-state index contributed by atoms with van der Waals surface area (Å²) in [5.41, 5.74) is 4.25. The van der Waals surface area contributed by atoms with Gasteiger partial charge in [-0.15, -0.1) is 0 Å². The van der Waals surface area contributed by atoms with Crippen molar-refractivity contribution in [3.63, 3.8) is 0 Å². The van der Waals surface area contributed by atoms with Crippen LogP contribution in [-0.2, 0) is 24.3 Å². The predicted octanol–water partition coefficient (Wildman–Crippen LogP) is 3.17. The normalized spacial score (nSPS) is 11.0. The molecule has 3 heterocycles. The van der Waals surface area contributed by atoms with Crippen molar-refractivity contribution < 1.29 is 9.32 Å². The number of rotatable bonds is 8. The minimum atomic E-state index is -0.0864. The van der Waals surface area contributed by atoms with Crippen molar-refractivity contribution in [1.82, 2.24) is 35.0 Å². The lowest BCUT2D eigenvalue weighted by Gasteiger charge is -2.08. The number of aryl methyl sites for hydroxylation is 1. The Hall–Kier alpha value is -4.40. The van der Waals surface area contributed by atoms with Gasteiger partial charge in [0.25, 0.3) is 0 Å². The van der Waals surface area contributed by atoms with Gasteiger partial charge in [-0.2, -0.15) is 4.98 Å². The van der Waals surface area contributed by atoms with Gasteiger partial charge < -0.3 is 14.4 Å². The van der Waals surface area contributed by atoms with Crippen molar-refractivity contribution in [3.05, 3.63) is 90.3 Å². The molecule has 0 saturated carbocycles. The summed E-state index contributed by atoms with van der Waals surface area (Å²) >= 11 is 0. The molecule has 0 aliphatic rings. The van der Waals surface area contributed by atoms with Crippen molar-refractivity contribution in [1.29, 1.82) is 0 Å². The van der Waals surface area contributed by atoms with Gasteiger partial charge in [-0.25, -0.2) is 15.0 Å². The van der Waals surface area contributed by atoms with Gasteiger partial charge in [-0.3, -0.25) is 4.79 Å². The second kappa shape index (κ2) is 9.39. The topological polar surface area (TPSA) is 112 Å². The van der Waals surface area contributed by atoms with E-state index in [0.717, 1.165) is 22.2 Å². The van der Waals surface area contributed by atoms with Gasteiger partial charge in [0.15, 0.2) is 0 Å². The molecule has 164 valence electrons. The Morgan fingerprint density at radius 2 is 1.79 bits per heavy atom. The van der Waals surface area contributed by atoms with E-state index in [1.807, 2.05) is 36.7 Å². The fourth-order valence-electron chi connectivity index (χ4n) is 3.54. The quantitative estimate of drug-likeness (QED) is 0.395. The number of hydrogen-bond acceptors (Lipinski definition) is 7. The molecule has 0 fully saturated rings. The highest BCUT2D eigenvalue weighted by Gasteiger charge is 2.12. The number of fused-ring (bicyclic) bond motifs is 1. The first-order valence-corrected chi connectivity index (χ1v) is 10.6. The Labute approximate surface area is 189 Å². The minimum Gasteiger partial charge on any atom is -0.352 e. The maximum absolute atomic E-state index is 12.3. The molecule has 0 spiro atoms. The summed E-state index contributed by atoms with van der Waals surface area (Å²) in [5, 5.41) is 6.82. The Morgan fingerprint density at radius 3 is 2.70 bits per heavy atom. The number of nitrogens with zero attached hydrogens (tertiary/aromatic N) is 6. The average Bonchev–Trinajstić information content (AvgIpc) is 3.50. The van der Waals surface area contributed by atoms with Crippen molar-refractivity contribution in [2.75, 3.05) is 0 Å². The summed E-state index contributed by atoms with van der Waals surface area (Å²) in [7, 11) is 0. The highest BCUT2D eigenvalue weighted by molar-refractivity contribution is 5.76. The standard InChI is InChI=1S/C24H21N7O2/c32-21(9-10-22-29-24(30-33-22)23-25-11-4-12-26-23)27-14-17-5-3-6-18(13-17)15-31-16-28-19-7-1-2-8-20(19)31/h1-8,11-13,16H,9-10,14-15H2,(H,27,32). The molecule has 33 heavy (non-hydrogen) atoms. The summed E-state index contributed by atoms with van der Waals surface area (Å²) in [6.45, 7) is 1.16. The van der Waals surface area contributed by atoms with E-state index in [2.05, 4.69) is 53.2 Å². The maximum atomic E-state index is 12.3. The largest absolute Gasteiger partial charge is 0.352 e. The highest BCUT2D eigenvalue weighted by Crippen LogP contribution is 2.15. The first-order chi connectivity index (χ1) is 16.2. The number of carbonyl (C=O) groups excluding carboxylic acids is 1. The summed E-state index contributed by atoms with van der Waals surface area (Å²) in [5.74, 6) is 0.993. The molecule has 1 amide bonds. The third kappa shape index (κ3) is 4.93. The van der Waals surface area contributed by atoms with Gasteiger partial charge in [0.1, 0.15) is 0 Å². The lowest BCUT2D eigenvalue weighted by molar-refractivity contribution is -0.121. The molecule has 0 bridgehead atoms. The molecule has 3 aromatic heterocycles. The molecular formula is C24H21N7O2. The molecule has 0 saturated heterocycles. The van der Waals surface area contributed by atoms with E-state index < -0.39 is 0 Å². The predicted molar refractivity (Wildman–Crippen MR) is 121 cm³/mol. The molecule has 0 radical (unpaired) electrons. The van der Waals surface area contributed by atoms with Crippen LogP contribution >= 0.6 is 0 Å². The molecule has 9 nitrogen and oxygen atoms in total. The highest BCUT2D eigenvalue weighted by atomic mass is 16.5. The number of para-hydroxylation sites is 2. The van der Waals surface area contributed by atoms with E-state index in [1.165, 1.54) is 0 Å². The van der Waals surface area contributed by atoms with Gasteiger partial charge in [0.05, 0.1) is 17.4 Å². The number of benzene rings is 2. The lowest BCUT2D eigenvalue weighted by atomic mass is 10.1. The first kappa shape index (κ1) is 20.5. The maximum Gasteiger partial charge on any atom is 0.240 e. The summed E-state index contributed by atoms with van der Waals surface area (Å²) in [6.07, 6.45) is 5.67. The number of nitrogens with one attached hydrogen (secondary N) is 1. The smallest absolute Gasteiger partial charge is 0.240 e. The second-order valence-electron chi connectivity index (χ2n) is 7.54. The van der Waals surface area contributed by atoms with Crippen molar-refractivity contribution in [2.24, 2.45) is 0 Å². The number of imidazole rings is 1. The van der Waals surface area contributed by atoms with Gasteiger partial charge in [0.2, 0.25) is 23.4 Å². The monoisotopic (exact) mass is 439 g/mol. The zero-order valence-corrected chi connectivity index (χ0v) is 17.8. The summed E-state index contributed by atoms with van der Waals surface area (Å²) in [6, 6.07) is 17.9. The number of amides is 1. The Kier molecular flexibility index (Phi) is 5.83. The van der Waals surface area contributed by atoms with Crippen LogP contribution in [0.15, 0.2) is 77.8 Å². The molecule has 5 rings (SSSR count). The van der Waals surface area contributed by atoms with E-state index in [-0.39, 0.29) is 12.3 Å². The lowest BCUT2D eigenvalue weighted by Crippen LogP contribution is -2.23. The Morgan fingerprint density at radius 1 is 0.939 bits per heavy atom. The third-order valence-corrected chi connectivity index (χ3v) is 5.16. The summed E-state index contributed by atoms with van der Waals surface area (Å²) in [4.78, 5) is 29.2. The van der Waals surface area contributed by atoms with Crippen molar-refractivity contribution >= 4 is 16.9 Å². The van der Waals surface area contributed by atoms with Crippen LogP contribution < -0.4 is 5.32 Å². The van der Waals surface area contributed by atoms with Crippen LogP contribution in [0.5, 0.6) is 0 Å². The number of carbonyl (C=O) groups is 1. The van der Waals surface area contributed by atoms with Crippen LogP contribution in [0.2, 0.25) is 0 Å². The van der Waals surface area contributed by atoms with Crippen molar-refractivity contribution in [3.8, 4) is 11.6 Å². The van der Waals surface area contributed by atoms with Crippen LogP contribution in [0, 0.1) is 0 Å². The molecule has 5 aromatic rings. The zero-order valence-electron chi connectivity index (χ0n) is 17.8. The third-order valence-electron chi connectivity index (χ3n) is 5.16. The molecule has 0 aliphatic carbocycles. The van der Waals surface area contributed by atoms with Crippen LogP contribution in [0.3, 0.4) is 0 Å². The molecule has 2 aromatic carbocycles. The van der Waals surface area contributed by atoms with E-state index >= 15 is 0 Å². The van der Waals surface area contributed by atoms with E-state index in [9.17, 15) is 4.79 Å². The Bertz CT molecular complexity index is 1380. The second-order valence-corrected chi connectivity index (χ2v) is 7.54. The number of aromatic nitrogens is 6. The average molecular weight is 439 g/mol. The zero-order chi connectivity index (χ0) is 22.5. The molecule has 0 atom stereocenters. The SMILES string of the molecule is O=C(CCc1nc(-c2ncccn2)no1)NCc1cccc(Cn2cnc3ccccc32)c1. The van der Waals surface area contributed by atoms with E-state index in [0.29, 0.717) is 37.0 Å². The van der Waals surface area contributed by atoms with Crippen molar-refractivity contribution in [2.45, 2.75) is 25.9 Å². The van der Waals surface area contributed by atoms with Gasteiger partial charge in [-0.05, 0) is 29.3 Å².